The van der Waals surface area contributed by atoms with Crippen molar-refractivity contribution in [3.8, 4) is 11.5 Å². The zero-order chi connectivity index (χ0) is 38.6. The van der Waals surface area contributed by atoms with Gasteiger partial charge in [0, 0.05) is 48.3 Å². The standard InChI is InChI=1S/C39H45ClF3N5O6/c1-44-37(51)31(10-6-9-23-7-4-3-5-8-23)46-36(50)30-22-47(35(49)16-25-18-45-32-17-27(40)12-13-28(25)32)19-26-20-48(21-29(26)30)38(52)24-11-14-33(34(15-24)53-2)54-39(41,42)43/h3-5,7-8,11-15,17-18,26,29-31,37-38,44-45,51-52H,6,9-10,16,19-22H2,1-2H3,(H,46,50)/t26?,29?,30?,31-,37?,38?/m0/s1. The minimum atomic E-state index is -4.93. The lowest BCUT2D eigenvalue weighted by Gasteiger charge is -2.40. The molecule has 4 aromatic rings. The van der Waals surface area contributed by atoms with Gasteiger partial charge in [0.05, 0.1) is 25.5 Å². The number of hydrogen-bond acceptors (Lipinski definition) is 8. The molecule has 2 amide bonds. The Morgan fingerprint density at radius 1 is 1.02 bits per heavy atom. The topological polar surface area (TPSA) is 139 Å². The Bertz CT molecular complexity index is 1910. The number of H-pyrrole nitrogens is 1. The number of aryl methyl sites for hydroxylation is 1. The number of likely N-dealkylation sites (tertiary alicyclic amines) is 2. The van der Waals surface area contributed by atoms with Gasteiger partial charge in [-0.25, -0.2) is 0 Å². The molecule has 54 heavy (non-hydrogen) atoms. The highest BCUT2D eigenvalue weighted by molar-refractivity contribution is 6.31. The van der Waals surface area contributed by atoms with Crippen molar-refractivity contribution in [3.63, 3.8) is 0 Å². The predicted molar refractivity (Wildman–Crippen MR) is 197 cm³/mol. The Kier molecular flexibility index (Phi) is 12.4. The van der Waals surface area contributed by atoms with Gasteiger partial charge in [0.2, 0.25) is 11.8 Å². The zero-order valence-corrected chi connectivity index (χ0v) is 30.7. The molecule has 6 atom stereocenters. The number of fused-ring (bicyclic) bond motifs is 2. The molecule has 1 aromatic heterocycles. The summed E-state index contributed by atoms with van der Waals surface area (Å²) in [6, 6.07) is 18.5. The van der Waals surface area contributed by atoms with Crippen molar-refractivity contribution in [3.05, 3.63) is 94.6 Å². The fourth-order valence-corrected chi connectivity index (χ4v) is 7.98. The summed E-state index contributed by atoms with van der Waals surface area (Å²) >= 11 is 6.16. The minimum absolute atomic E-state index is 0.0897. The summed E-state index contributed by atoms with van der Waals surface area (Å²) in [6.45, 7) is 1.07. The van der Waals surface area contributed by atoms with Gasteiger partial charge in [-0.05, 0) is 79.1 Å². The summed E-state index contributed by atoms with van der Waals surface area (Å²) in [6.07, 6.45) is -3.35. The van der Waals surface area contributed by atoms with Gasteiger partial charge < -0.3 is 34.9 Å². The molecule has 5 unspecified atom stereocenters. The molecule has 0 spiro atoms. The number of amides is 2. The second-order valence-electron chi connectivity index (χ2n) is 14.0. The molecule has 2 saturated heterocycles. The lowest BCUT2D eigenvalue weighted by atomic mass is 9.79. The van der Waals surface area contributed by atoms with Gasteiger partial charge in [0.1, 0.15) is 12.5 Å². The summed E-state index contributed by atoms with van der Waals surface area (Å²) in [5.74, 6) is -2.38. The summed E-state index contributed by atoms with van der Waals surface area (Å²) in [4.78, 5) is 34.8. The number of aromatic amines is 1. The van der Waals surface area contributed by atoms with E-state index in [-0.39, 0.29) is 54.5 Å². The van der Waals surface area contributed by atoms with Crippen LogP contribution in [0.2, 0.25) is 5.02 Å². The number of methoxy groups -OCH3 is 1. The number of aromatic nitrogens is 1. The van der Waals surface area contributed by atoms with E-state index >= 15 is 0 Å². The van der Waals surface area contributed by atoms with E-state index in [4.69, 9.17) is 16.3 Å². The average molecular weight is 772 g/mol. The number of rotatable bonds is 14. The number of nitrogens with one attached hydrogen (secondary N) is 3. The van der Waals surface area contributed by atoms with Crippen LogP contribution in [0, 0.1) is 17.8 Å². The van der Waals surface area contributed by atoms with Gasteiger partial charge in [0.25, 0.3) is 0 Å². The normalized spacial score (nSPS) is 20.7. The van der Waals surface area contributed by atoms with Gasteiger partial charge in [0.15, 0.2) is 11.5 Å². The van der Waals surface area contributed by atoms with E-state index in [9.17, 15) is 33.0 Å². The van der Waals surface area contributed by atoms with Gasteiger partial charge in [-0.2, -0.15) is 0 Å². The summed E-state index contributed by atoms with van der Waals surface area (Å²) < 4.78 is 48.1. The molecule has 2 aliphatic heterocycles. The number of aliphatic hydroxyl groups is 2. The van der Waals surface area contributed by atoms with Crippen molar-refractivity contribution >= 4 is 34.3 Å². The van der Waals surface area contributed by atoms with Crippen LogP contribution in [0.15, 0.2) is 72.9 Å². The van der Waals surface area contributed by atoms with E-state index in [0.717, 1.165) is 34.5 Å². The van der Waals surface area contributed by atoms with E-state index < -0.39 is 36.5 Å². The average Bonchev–Trinajstić information content (AvgIpc) is 3.77. The third-order valence-corrected chi connectivity index (χ3v) is 10.8. The number of nitrogens with zero attached hydrogens (tertiary/aromatic N) is 2. The number of carbonyl (C=O) groups is 2. The highest BCUT2D eigenvalue weighted by atomic mass is 35.5. The smallest absolute Gasteiger partial charge is 0.493 e. The predicted octanol–water partition coefficient (Wildman–Crippen LogP) is 5.01. The Balaban J connectivity index is 1.22. The van der Waals surface area contributed by atoms with E-state index in [1.54, 1.807) is 35.2 Å². The SMILES string of the molecule is CNC(O)[C@H](CCCc1ccccc1)NC(=O)C1CN(C(=O)Cc2c[nH]c3cc(Cl)ccc23)CC2CN(C(O)c3ccc(OC(F)(F)F)c(OC)c3)CC21. The quantitative estimate of drug-likeness (QED) is 0.113. The summed E-state index contributed by atoms with van der Waals surface area (Å²) in [7, 11) is 2.82. The van der Waals surface area contributed by atoms with Crippen LogP contribution in [0.1, 0.15) is 35.8 Å². The number of carbonyl (C=O) groups excluding carboxylic acids is 2. The molecule has 5 N–H and O–H groups in total. The third-order valence-electron chi connectivity index (χ3n) is 10.6. The number of alkyl halides is 3. The Hall–Kier alpha value is -4.34. The van der Waals surface area contributed by atoms with Gasteiger partial charge in [-0.3, -0.25) is 19.8 Å². The first kappa shape index (κ1) is 39.4. The lowest BCUT2D eigenvalue weighted by molar-refractivity contribution is -0.275. The highest BCUT2D eigenvalue weighted by Crippen LogP contribution is 2.41. The van der Waals surface area contributed by atoms with Crippen LogP contribution in [-0.4, -0.2) is 95.8 Å². The molecule has 0 radical (unpaired) electrons. The Morgan fingerprint density at radius 2 is 1.80 bits per heavy atom. The molecule has 0 bridgehead atoms. The summed E-state index contributed by atoms with van der Waals surface area (Å²) in [5, 5.41) is 29.8. The van der Waals surface area contributed by atoms with Crippen LogP contribution in [0.25, 0.3) is 10.9 Å². The van der Waals surface area contributed by atoms with Gasteiger partial charge in [-0.15, -0.1) is 13.2 Å². The highest BCUT2D eigenvalue weighted by Gasteiger charge is 2.48. The Labute approximate surface area is 316 Å². The first-order valence-electron chi connectivity index (χ1n) is 17.9. The molecule has 2 fully saturated rings. The van der Waals surface area contributed by atoms with Crippen molar-refractivity contribution in [2.45, 2.75) is 50.5 Å². The number of benzene rings is 3. The number of aliphatic hydroxyl groups excluding tert-OH is 2. The molecular formula is C39H45ClF3N5O6. The first-order valence-corrected chi connectivity index (χ1v) is 18.3. The van der Waals surface area contributed by atoms with Crippen LogP contribution >= 0.6 is 11.6 Å². The second kappa shape index (κ2) is 17.0. The van der Waals surface area contributed by atoms with Crippen molar-refractivity contribution in [1.82, 2.24) is 25.4 Å². The summed E-state index contributed by atoms with van der Waals surface area (Å²) in [5.41, 5.74) is 3.02. The minimum Gasteiger partial charge on any atom is -0.493 e. The molecule has 3 aromatic carbocycles. The van der Waals surface area contributed by atoms with Crippen LogP contribution in [0.4, 0.5) is 13.2 Å². The van der Waals surface area contributed by atoms with Gasteiger partial charge >= 0.3 is 6.36 Å². The molecule has 15 heteroatoms. The molecule has 6 rings (SSSR count). The molecular weight excluding hydrogens is 727 g/mol. The zero-order valence-electron chi connectivity index (χ0n) is 30.0. The largest absolute Gasteiger partial charge is 0.573 e. The maximum absolute atomic E-state index is 14.3. The van der Waals surface area contributed by atoms with Crippen molar-refractivity contribution in [1.29, 1.82) is 0 Å². The molecule has 3 heterocycles. The molecule has 11 nitrogen and oxygen atoms in total. The lowest BCUT2D eigenvalue weighted by Crippen LogP contribution is -2.57. The van der Waals surface area contributed by atoms with E-state index in [1.165, 1.54) is 19.2 Å². The van der Waals surface area contributed by atoms with Gasteiger partial charge in [-0.1, -0.05) is 54.1 Å². The van der Waals surface area contributed by atoms with Crippen molar-refractivity contribution in [2.75, 3.05) is 40.3 Å². The number of halogens is 4. The van der Waals surface area contributed by atoms with Crippen molar-refractivity contribution in [2.24, 2.45) is 17.8 Å². The fourth-order valence-electron chi connectivity index (χ4n) is 7.81. The fraction of sp³-hybridized carbons (Fsp3) is 0.436. The number of piperidine rings is 1. The first-order chi connectivity index (χ1) is 25.8. The Morgan fingerprint density at radius 3 is 2.52 bits per heavy atom. The van der Waals surface area contributed by atoms with E-state index in [2.05, 4.69) is 20.4 Å². The number of ether oxygens (including phenoxy) is 2. The number of hydrogen-bond donors (Lipinski definition) is 5. The third kappa shape index (κ3) is 9.29. The van der Waals surface area contributed by atoms with Crippen LogP contribution in [0.3, 0.4) is 0 Å². The van der Waals surface area contributed by atoms with Crippen molar-refractivity contribution < 1.29 is 42.4 Å². The van der Waals surface area contributed by atoms with E-state index in [1.807, 2.05) is 36.4 Å². The maximum Gasteiger partial charge on any atom is 0.573 e. The molecule has 0 saturated carbocycles. The van der Waals surface area contributed by atoms with Crippen LogP contribution in [-0.2, 0) is 22.4 Å². The van der Waals surface area contributed by atoms with Crippen LogP contribution in [0.5, 0.6) is 11.5 Å². The second-order valence-corrected chi connectivity index (χ2v) is 14.5. The molecule has 2 aliphatic rings. The monoisotopic (exact) mass is 771 g/mol. The molecule has 0 aliphatic carbocycles. The van der Waals surface area contributed by atoms with E-state index in [0.29, 0.717) is 31.0 Å². The number of likely N-dealkylation sites (N-methyl/N-ethyl adjacent to an activating group) is 1. The molecule has 290 valence electrons. The maximum atomic E-state index is 14.3. The van der Waals surface area contributed by atoms with Crippen LogP contribution < -0.4 is 20.1 Å².